The highest BCUT2D eigenvalue weighted by Gasteiger charge is 2.19. The average molecular weight is 664 g/mol. The summed E-state index contributed by atoms with van der Waals surface area (Å²) in [6.45, 7) is 0. The van der Waals surface area contributed by atoms with E-state index >= 15 is 0 Å². The van der Waals surface area contributed by atoms with Crippen LogP contribution >= 0.6 is 0 Å². The summed E-state index contributed by atoms with van der Waals surface area (Å²) in [6.07, 6.45) is 0. The summed E-state index contributed by atoms with van der Waals surface area (Å²) >= 11 is 0. The molecule has 0 atom stereocenters. The van der Waals surface area contributed by atoms with Crippen LogP contribution < -0.4 is 4.90 Å². The fourth-order valence-electron chi connectivity index (χ4n) is 7.91. The van der Waals surface area contributed by atoms with Crippen LogP contribution in [0.3, 0.4) is 0 Å². The van der Waals surface area contributed by atoms with E-state index in [4.69, 9.17) is 4.42 Å². The summed E-state index contributed by atoms with van der Waals surface area (Å²) < 4.78 is 6.38. The number of benzene rings is 9. The third-order valence-electron chi connectivity index (χ3n) is 10.3. The topological polar surface area (TPSA) is 16.4 Å². The van der Waals surface area contributed by atoms with Crippen molar-refractivity contribution in [1.82, 2.24) is 0 Å². The molecular formula is C50H33NO. The Morgan fingerprint density at radius 3 is 1.35 bits per heavy atom. The maximum Gasteiger partial charge on any atom is 0.143 e. The molecule has 0 fully saturated rings. The first kappa shape index (κ1) is 30.0. The molecule has 0 aliphatic heterocycles. The van der Waals surface area contributed by atoms with Gasteiger partial charge in [-0.05, 0) is 91.8 Å². The van der Waals surface area contributed by atoms with Crippen LogP contribution in [0.4, 0.5) is 17.1 Å². The lowest BCUT2D eigenvalue weighted by molar-refractivity contribution is 0.670. The minimum Gasteiger partial charge on any atom is -0.455 e. The van der Waals surface area contributed by atoms with Crippen molar-refractivity contribution in [2.75, 3.05) is 4.90 Å². The lowest BCUT2D eigenvalue weighted by Gasteiger charge is -2.26. The van der Waals surface area contributed by atoms with Gasteiger partial charge in [0.25, 0.3) is 0 Å². The Hall–Kier alpha value is -6.90. The molecule has 0 saturated heterocycles. The molecule has 0 amide bonds. The van der Waals surface area contributed by atoms with Crippen molar-refractivity contribution in [2.24, 2.45) is 0 Å². The third kappa shape index (κ3) is 4.96. The molecule has 9 aromatic carbocycles. The smallest absolute Gasteiger partial charge is 0.143 e. The van der Waals surface area contributed by atoms with Gasteiger partial charge in [0.15, 0.2) is 0 Å². The number of fused-ring (bicyclic) bond motifs is 6. The highest BCUT2D eigenvalue weighted by atomic mass is 16.3. The number of hydrogen-bond donors (Lipinski definition) is 0. The van der Waals surface area contributed by atoms with E-state index in [0.29, 0.717) is 0 Å². The molecule has 0 saturated carbocycles. The molecule has 52 heavy (non-hydrogen) atoms. The van der Waals surface area contributed by atoms with Gasteiger partial charge in [-0.3, -0.25) is 0 Å². The first-order valence-electron chi connectivity index (χ1n) is 17.8. The van der Waals surface area contributed by atoms with Crippen LogP contribution in [0, 0.1) is 0 Å². The molecule has 10 aromatic rings. The van der Waals surface area contributed by atoms with Crippen LogP contribution in [0.25, 0.3) is 76.9 Å². The molecule has 244 valence electrons. The Morgan fingerprint density at radius 2 is 0.731 bits per heavy atom. The molecule has 0 bridgehead atoms. The summed E-state index contributed by atoms with van der Waals surface area (Å²) in [5.74, 6) is 0. The summed E-state index contributed by atoms with van der Waals surface area (Å²) in [5, 5.41) is 7.33. The fraction of sp³-hybridized carbons (Fsp3) is 0. The molecule has 1 aromatic heterocycles. The van der Waals surface area contributed by atoms with Crippen LogP contribution in [0.1, 0.15) is 0 Å². The van der Waals surface area contributed by atoms with Gasteiger partial charge in [0.05, 0.1) is 0 Å². The van der Waals surface area contributed by atoms with Gasteiger partial charge >= 0.3 is 0 Å². The largest absolute Gasteiger partial charge is 0.455 e. The Bertz CT molecular complexity index is 2870. The van der Waals surface area contributed by atoms with E-state index < -0.39 is 0 Å². The average Bonchev–Trinajstić information content (AvgIpc) is 3.61. The number of nitrogens with zero attached hydrogens (tertiary/aromatic N) is 1. The highest BCUT2D eigenvalue weighted by molar-refractivity contribution is 6.21. The number of rotatable bonds is 6. The van der Waals surface area contributed by atoms with Crippen LogP contribution in [-0.2, 0) is 0 Å². The van der Waals surface area contributed by atoms with E-state index in [1.165, 1.54) is 43.8 Å². The van der Waals surface area contributed by atoms with Crippen molar-refractivity contribution in [3.63, 3.8) is 0 Å². The van der Waals surface area contributed by atoms with E-state index in [1.807, 2.05) is 12.1 Å². The van der Waals surface area contributed by atoms with E-state index in [2.05, 4.69) is 193 Å². The zero-order chi connectivity index (χ0) is 34.4. The van der Waals surface area contributed by atoms with Crippen molar-refractivity contribution >= 4 is 60.5 Å². The molecule has 0 N–H and O–H groups in total. The van der Waals surface area contributed by atoms with Crippen LogP contribution in [-0.4, -0.2) is 0 Å². The molecule has 0 radical (unpaired) electrons. The summed E-state index contributed by atoms with van der Waals surface area (Å²) in [6, 6.07) is 71.6. The molecule has 0 aliphatic carbocycles. The Balaban J connectivity index is 1.10. The van der Waals surface area contributed by atoms with Crippen LogP contribution in [0.2, 0.25) is 0 Å². The minimum atomic E-state index is 0.910. The van der Waals surface area contributed by atoms with Crippen LogP contribution in [0.5, 0.6) is 0 Å². The van der Waals surface area contributed by atoms with Crippen molar-refractivity contribution in [2.45, 2.75) is 0 Å². The summed E-state index contributed by atoms with van der Waals surface area (Å²) in [4.78, 5) is 2.33. The van der Waals surface area contributed by atoms with Gasteiger partial charge in [-0.15, -0.1) is 0 Å². The number of furan rings is 1. The molecule has 0 aliphatic rings. The predicted molar refractivity (Wildman–Crippen MR) is 220 cm³/mol. The summed E-state index contributed by atoms with van der Waals surface area (Å²) in [5.41, 5.74) is 12.2. The predicted octanol–water partition coefficient (Wildman–Crippen LogP) is 14.4. The maximum absolute atomic E-state index is 6.38. The van der Waals surface area contributed by atoms with Gasteiger partial charge in [0.2, 0.25) is 0 Å². The fourth-order valence-corrected chi connectivity index (χ4v) is 7.91. The van der Waals surface area contributed by atoms with Gasteiger partial charge in [0, 0.05) is 33.4 Å². The molecule has 10 rings (SSSR count). The standard InChI is InChI=1S/C50H33NO/c1-3-14-35(15-4-1)48-44-21-9-7-18-41(44)42-19-8-10-22-45(42)49(48)36-28-32-39(33-29-36)51(37-16-5-2-6-17-37)38-30-26-34(27-31-38)40-23-13-24-46-43-20-11-12-25-47(43)52-50(40)46/h1-33H. The summed E-state index contributed by atoms with van der Waals surface area (Å²) in [7, 11) is 0. The molecule has 2 heteroatoms. The number of hydrogen-bond acceptors (Lipinski definition) is 2. The zero-order valence-electron chi connectivity index (χ0n) is 28.4. The van der Waals surface area contributed by atoms with Gasteiger partial charge < -0.3 is 9.32 Å². The van der Waals surface area contributed by atoms with Crippen molar-refractivity contribution in [3.05, 3.63) is 200 Å². The third-order valence-corrected chi connectivity index (χ3v) is 10.3. The van der Waals surface area contributed by atoms with E-state index in [0.717, 1.165) is 50.1 Å². The van der Waals surface area contributed by atoms with E-state index in [1.54, 1.807) is 0 Å². The minimum absolute atomic E-state index is 0.910. The van der Waals surface area contributed by atoms with Gasteiger partial charge in [-0.25, -0.2) is 0 Å². The molecule has 1 heterocycles. The number of para-hydroxylation sites is 3. The maximum atomic E-state index is 6.38. The highest BCUT2D eigenvalue weighted by Crippen LogP contribution is 2.45. The normalized spacial score (nSPS) is 11.5. The second-order valence-electron chi connectivity index (χ2n) is 13.3. The van der Waals surface area contributed by atoms with Crippen molar-refractivity contribution < 1.29 is 4.42 Å². The molecular weight excluding hydrogens is 631 g/mol. The Morgan fingerprint density at radius 1 is 0.288 bits per heavy atom. The van der Waals surface area contributed by atoms with Gasteiger partial charge in [0.1, 0.15) is 11.2 Å². The lowest BCUT2D eigenvalue weighted by atomic mass is 9.85. The Labute approximate surface area is 302 Å². The van der Waals surface area contributed by atoms with E-state index in [-0.39, 0.29) is 0 Å². The van der Waals surface area contributed by atoms with Crippen molar-refractivity contribution in [3.8, 4) is 33.4 Å². The molecule has 0 spiro atoms. The molecule has 0 unspecified atom stereocenters. The van der Waals surface area contributed by atoms with Gasteiger partial charge in [-0.2, -0.15) is 0 Å². The number of anilines is 3. The van der Waals surface area contributed by atoms with Crippen LogP contribution in [0.15, 0.2) is 205 Å². The monoisotopic (exact) mass is 663 g/mol. The van der Waals surface area contributed by atoms with E-state index in [9.17, 15) is 0 Å². The quantitative estimate of drug-likeness (QED) is 0.165. The van der Waals surface area contributed by atoms with Crippen molar-refractivity contribution in [1.29, 1.82) is 0 Å². The zero-order valence-corrected chi connectivity index (χ0v) is 28.4. The Kier molecular flexibility index (Phi) is 7.18. The SMILES string of the molecule is c1ccc(-c2c(-c3ccc(N(c4ccccc4)c4ccc(-c5cccc6c5oc5ccccc56)cc4)cc3)c3ccccc3c3ccccc23)cc1. The second-order valence-corrected chi connectivity index (χ2v) is 13.3. The van der Waals surface area contributed by atoms with Gasteiger partial charge in [-0.1, -0.05) is 158 Å². The molecule has 2 nitrogen and oxygen atoms in total. The first-order chi connectivity index (χ1) is 25.8. The second kappa shape index (κ2) is 12.5. The first-order valence-corrected chi connectivity index (χ1v) is 17.8. The lowest BCUT2D eigenvalue weighted by Crippen LogP contribution is -2.09.